The number of thioether (sulfide) groups is 1. The van der Waals surface area contributed by atoms with Crippen LogP contribution in [0, 0.1) is 0 Å². The molecule has 0 spiro atoms. The highest BCUT2D eigenvalue weighted by atomic mass is 35.5. The summed E-state index contributed by atoms with van der Waals surface area (Å²) in [5.41, 5.74) is 0.445. The van der Waals surface area contributed by atoms with Crippen LogP contribution in [0.4, 0.5) is 18.9 Å². The number of benzene rings is 1. The molecule has 128 valence electrons. The molecule has 1 heterocycles. The van der Waals surface area contributed by atoms with Crippen LogP contribution in [-0.4, -0.2) is 29.9 Å². The third-order valence-corrected chi connectivity index (χ3v) is 4.16. The number of halogens is 4. The van der Waals surface area contributed by atoms with E-state index >= 15 is 0 Å². The molecule has 0 aliphatic carbocycles. The zero-order chi connectivity index (χ0) is 17.7. The lowest BCUT2D eigenvalue weighted by atomic mass is 10.2. The van der Waals surface area contributed by atoms with Crippen molar-refractivity contribution in [2.45, 2.75) is 11.2 Å². The Morgan fingerprint density at radius 3 is 2.75 bits per heavy atom. The van der Waals surface area contributed by atoms with E-state index in [1.807, 2.05) is 0 Å². The Morgan fingerprint density at radius 2 is 2.12 bits per heavy atom. The molecular formula is C15H12ClF3N2O2S. The zero-order valence-corrected chi connectivity index (χ0v) is 13.9. The highest BCUT2D eigenvalue weighted by Gasteiger charge is 2.28. The summed E-state index contributed by atoms with van der Waals surface area (Å²) in [6.45, 7) is 0. The van der Waals surface area contributed by atoms with Gasteiger partial charge in [0.05, 0.1) is 23.4 Å². The summed E-state index contributed by atoms with van der Waals surface area (Å²) in [6, 6.07) is 7.51. The highest BCUT2D eigenvalue weighted by Crippen LogP contribution is 2.30. The Labute approximate surface area is 145 Å². The molecule has 0 saturated carbocycles. The fraction of sp³-hybridized carbons (Fsp3) is 0.200. The number of nitrogens with zero attached hydrogens (tertiary/aromatic N) is 1. The SMILES string of the molecule is COc1ccc(NC(=O)c2cccnc2SCC(F)(F)F)cc1Cl. The minimum absolute atomic E-state index is 0.00642. The lowest BCUT2D eigenvalue weighted by Crippen LogP contribution is -2.15. The van der Waals surface area contributed by atoms with Gasteiger partial charge in [0.15, 0.2) is 0 Å². The van der Waals surface area contributed by atoms with Crippen molar-refractivity contribution in [1.29, 1.82) is 0 Å². The van der Waals surface area contributed by atoms with Crippen molar-refractivity contribution in [1.82, 2.24) is 4.98 Å². The monoisotopic (exact) mass is 376 g/mol. The second-order valence-corrected chi connectivity index (χ2v) is 5.93. The number of alkyl halides is 3. The number of amides is 1. The summed E-state index contributed by atoms with van der Waals surface area (Å²) in [5.74, 6) is -1.26. The van der Waals surface area contributed by atoms with E-state index in [1.54, 1.807) is 12.1 Å². The van der Waals surface area contributed by atoms with Gasteiger partial charge in [-0.3, -0.25) is 4.79 Å². The Morgan fingerprint density at radius 1 is 1.38 bits per heavy atom. The van der Waals surface area contributed by atoms with Gasteiger partial charge in [0.25, 0.3) is 5.91 Å². The standard InChI is InChI=1S/C15H12ClF3N2O2S/c1-23-12-5-4-9(7-11(12)16)21-13(22)10-3-2-6-20-14(10)24-8-15(17,18)19/h2-7H,8H2,1H3,(H,21,22). The van der Waals surface area contributed by atoms with Gasteiger partial charge >= 0.3 is 6.18 Å². The quantitative estimate of drug-likeness (QED) is 0.772. The Kier molecular flexibility index (Phi) is 5.95. The number of aromatic nitrogens is 1. The fourth-order valence-electron chi connectivity index (χ4n) is 1.77. The lowest BCUT2D eigenvalue weighted by Gasteiger charge is -2.11. The molecule has 0 aliphatic rings. The number of hydrogen-bond donors (Lipinski definition) is 1. The maximum absolute atomic E-state index is 12.4. The Hall–Kier alpha value is -1.93. The van der Waals surface area contributed by atoms with Gasteiger partial charge in [-0.15, -0.1) is 0 Å². The third-order valence-electron chi connectivity index (χ3n) is 2.80. The molecule has 1 aromatic heterocycles. The molecule has 1 aromatic carbocycles. The summed E-state index contributed by atoms with van der Waals surface area (Å²) in [5, 5.41) is 2.88. The molecule has 2 aromatic rings. The van der Waals surface area contributed by atoms with Crippen molar-refractivity contribution >= 4 is 35.0 Å². The predicted octanol–water partition coefficient (Wildman–Crippen LogP) is 4.65. The fourth-order valence-corrected chi connectivity index (χ4v) is 2.78. The summed E-state index contributed by atoms with van der Waals surface area (Å²) >= 11 is 6.43. The lowest BCUT2D eigenvalue weighted by molar-refractivity contribution is -0.105. The topological polar surface area (TPSA) is 51.2 Å². The summed E-state index contributed by atoms with van der Waals surface area (Å²) < 4.78 is 42.1. The smallest absolute Gasteiger partial charge is 0.398 e. The van der Waals surface area contributed by atoms with E-state index in [2.05, 4.69) is 10.3 Å². The Balaban J connectivity index is 2.16. The first-order valence-corrected chi connectivity index (χ1v) is 7.96. The summed E-state index contributed by atoms with van der Waals surface area (Å²) in [4.78, 5) is 16.2. The number of ether oxygens (including phenoxy) is 1. The van der Waals surface area contributed by atoms with Gasteiger partial charge in [-0.1, -0.05) is 23.4 Å². The minimum atomic E-state index is -4.35. The average Bonchev–Trinajstić information content (AvgIpc) is 2.52. The van der Waals surface area contributed by atoms with Crippen molar-refractivity contribution in [3.05, 3.63) is 47.1 Å². The first-order valence-electron chi connectivity index (χ1n) is 6.59. The first-order chi connectivity index (χ1) is 11.3. The molecule has 2 rings (SSSR count). The van der Waals surface area contributed by atoms with Crippen molar-refractivity contribution in [2.24, 2.45) is 0 Å². The van der Waals surface area contributed by atoms with Gasteiger partial charge in [0.2, 0.25) is 0 Å². The molecule has 0 saturated heterocycles. The van der Waals surface area contributed by atoms with E-state index in [0.717, 1.165) is 0 Å². The molecule has 0 unspecified atom stereocenters. The molecule has 1 amide bonds. The van der Waals surface area contributed by atoms with E-state index < -0.39 is 17.8 Å². The molecule has 1 N–H and O–H groups in total. The summed E-state index contributed by atoms with van der Waals surface area (Å²) in [7, 11) is 1.46. The molecule has 4 nitrogen and oxygen atoms in total. The molecule has 0 radical (unpaired) electrons. The molecule has 0 fully saturated rings. The van der Waals surface area contributed by atoms with E-state index in [-0.39, 0.29) is 10.6 Å². The van der Waals surface area contributed by atoms with E-state index in [1.165, 1.54) is 31.5 Å². The van der Waals surface area contributed by atoms with Crippen molar-refractivity contribution in [2.75, 3.05) is 18.2 Å². The Bertz CT molecular complexity index is 741. The van der Waals surface area contributed by atoms with Crippen LogP contribution in [0.25, 0.3) is 0 Å². The van der Waals surface area contributed by atoms with Crippen LogP contribution in [0.3, 0.4) is 0 Å². The molecule has 0 bridgehead atoms. The molecule has 9 heteroatoms. The normalized spacial score (nSPS) is 11.2. The number of nitrogens with one attached hydrogen (secondary N) is 1. The van der Waals surface area contributed by atoms with Crippen molar-refractivity contribution < 1.29 is 22.7 Å². The predicted molar refractivity (Wildman–Crippen MR) is 87.0 cm³/mol. The van der Waals surface area contributed by atoms with Gasteiger partial charge < -0.3 is 10.1 Å². The number of carbonyl (C=O) groups is 1. The number of hydrogen-bond acceptors (Lipinski definition) is 4. The van der Waals surface area contributed by atoms with Crippen LogP contribution in [0.2, 0.25) is 5.02 Å². The minimum Gasteiger partial charge on any atom is -0.495 e. The maximum Gasteiger partial charge on any atom is 0.398 e. The van der Waals surface area contributed by atoms with Crippen molar-refractivity contribution in [3.63, 3.8) is 0 Å². The number of methoxy groups -OCH3 is 1. The molecular weight excluding hydrogens is 365 g/mol. The van der Waals surface area contributed by atoms with Gasteiger partial charge in [-0.05, 0) is 30.3 Å². The van der Waals surface area contributed by atoms with E-state index in [4.69, 9.17) is 16.3 Å². The summed E-state index contributed by atoms with van der Waals surface area (Å²) in [6.07, 6.45) is -3.01. The second kappa shape index (κ2) is 7.76. The highest BCUT2D eigenvalue weighted by molar-refractivity contribution is 7.99. The van der Waals surface area contributed by atoms with Gasteiger partial charge in [-0.25, -0.2) is 4.98 Å². The van der Waals surface area contributed by atoms with E-state index in [9.17, 15) is 18.0 Å². The maximum atomic E-state index is 12.4. The van der Waals surface area contributed by atoms with Crippen molar-refractivity contribution in [3.8, 4) is 5.75 Å². The number of carbonyl (C=O) groups excluding carboxylic acids is 1. The van der Waals surface area contributed by atoms with Crippen LogP contribution in [-0.2, 0) is 0 Å². The average molecular weight is 377 g/mol. The third kappa shape index (κ3) is 5.04. The van der Waals surface area contributed by atoms with E-state index in [0.29, 0.717) is 28.2 Å². The van der Waals surface area contributed by atoms with Crippen LogP contribution < -0.4 is 10.1 Å². The number of anilines is 1. The second-order valence-electron chi connectivity index (χ2n) is 4.56. The van der Waals surface area contributed by atoms with Crippen LogP contribution in [0.15, 0.2) is 41.6 Å². The largest absolute Gasteiger partial charge is 0.495 e. The van der Waals surface area contributed by atoms with Crippen LogP contribution >= 0.6 is 23.4 Å². The van der Waals surface area contributed by atoms with Gasteiger partial charge in [-0.2, -0.15) is 13.2 Å². The zero-order valence-electron chi connectivity index (χ0n) is 12.4. The van der Waals surface area contributed by atoms with Gasteiger partial charge in [0.1, 0.15) is 10.8 Å². The molecule has 24 heavy (non-hydrogen) atoms. The molecule has 0 aliphatic heterocycles. The number of rotatable bonds is 5. The van der Waals surface area contributed by atoms with Crippen LogP contribution in [0.5, 0.6) is 5.75 Å². The van der Waals surface area contributed by atoms with Crippen LogP contribution in [0.1, 0.15) is 10.4 Å². The first kappa shape index (κ1) is 18.4. The molecule has 0 atom stereocenters. The number of pyridine rings is 1. The van der Waals surface area contributed by atoms with Gasteiger partial charge in [0, 0.05) is 11.9 Å².